The topological polar surface area (TPSA) is 134 Å². The standard InChI is InChI=1S/CH2N2.H4O5P2.Zn/c2-1-3;1-6(2)5-7(3)4;/h2H2;6-7H,(H,1,2)(H,3,4);. The van der Waals surface area contributed by atoms with Crippen LogP contribution in [0.1, 0.15) is 0 Å². The second-order valence-electron chi connectivity index (χ2n) is 0.763. The maximum atomic E-state index is 9.44. The monoisotopic (exact) mass is 252 g/mol. The Balaban J connectivity index is -0.000000140. The van der Waals surface area contributed by atoms with E-state index in [0.29, 0.717) is 0 Å². The van der Waals surface area contributed by atoms with Crippen LogP contribution >= 0.6 is 16.5 Å². The van der Waals surface area contributed by atoms with Crippen molar-refractivity contribution in [1.29, 1.82) is 5.26 Å². The Morgan fingerprint density at radius 1 is 1.36 bits per heavy atom. The molecule has 7 nitrogen and oxygen atoms in total. The van der Waals surface area contributed by atoms with Crippen molar-refractivity contribution < 1.29 is 42.7 Å². The maximum absolute atomic E-state index is 9.44. The number of hydrogen-bond donors (Lipinski definition) is 3. The first kappa shape index (κ1) is 17.4. The number of rotatable bonds is 2. The zero-order valence-corrected chi connectivity index (χ0v) is 10.3. The fourth-order valence-corrected chi connectivity index (χ4v) is 0.672. The van der Waals surface area contributed by atoms with E-state index in [-0.39, 0.29) is 19.5 Å². The third-order valence-corrected chi connectivity index (χ3v) is 1.57. The van der Waals surface area contributed by atoms with Crippen LogP contribution in [-0.2, 0) is 32.9 Å². The SMILES string of the molecule is N#CN.O=[PH](O)O[PH](=O)O.[Zn]. The minimum Gasteiger partial charge on any atom is -0.337 e. The van der Waals surface area contributed by atoms with Gasteiger partial charge in [0, 0.05) is 19.5 Å². The summed E-state index contributed by atoms with van der Waals surface area (Å²) in [7, 11) is -6.40. The van der Waals surface area contributed by atoms with Gasteiger partial charge >= 0.3 is 16.5 Å². The van der Waals surface area contributed by atoms with Crippen LogP contribution in [0.4, 0.5) is 0 Å². The summed E-state index contributed by atoms with van der Waals surface area (Å²) >= 11 is 0. The van der Waals surface area contributed by atoms with Gasteiger partial charge in [0.05, 0.1) is 0 Å². The summed E-state index contributed by atoms with van der Waals surface area (Å²) in [5, 5.41) is 7.10. The van der Waals surface area contributed by atoms with Gasteiger partial charge in [-0.05, 0) is 0 Å². The van der Waals surface area contributed by atoms with Crippen LogP contribution in [0.3, 0.4) is 0 Å². The largest absolute Gasteiger partial charge is 0.337 e. The molecule has 0 saturated carbocycles. The number of hydrogen-bond acceptors (Lipinski definition) is 5. The fourth-order valence-electron chi connectivity index (χ4n) is 0.0747. The number of nitriles is 1. The van der Waals surface area contributed by atoms with Gasteiger partial charge in [0.25, 0.3) is 0 Å². The van der Waals surface area contributed by atoms with Gasteiger partial charge in [0.1, 0.15) is 0 Å². The summed E-state index contributed by atoms with van der Waals surface area (Å²) in [6.45, 7) is 0. The van der Waals surface area contributed by atoms with Crippen LogP contribution in [0.15, 0.2) is 0 Å². The molecule has 0 saturated heterocycles. The van der Waals surface area contributed by atoms with Crippen LogP contribution in [0.25, 0.3) is 0 Å². The Kier molecular flexibility index (Phi) is 20.4. The van der Waals surface area contributed by atoms with Crippen molar-refractivity contribution in [3.63, 3.8) is 0 Å². The predicted octanol–water partition coefficient (Wildman–Crippen LogP) is -0.809. The van der Waals surface area contributed by atoms with Crippen molar-refractivity contribution in [3.05, 3.63) is 0 Å². The Hall–Kier alpha value is 0.253. The second kappa shape index (κ2) is 12.9. The average Bonchev–Trinajstić information content (AvgIpc) is 1.62. The van der Waals surface area contributed by atoms with Gasteiger partial charge in [-0.1, -0.05) is 0 Å². The van der Waals surface area contributed by atoms with Gasteiger partial charge in [-0.15, -0.1) is 0 Å². The molecule has 0 aliphatic heterocycles. The van der Waals surface area contributed by atoms with E-state index < -0.39 is 16.5 Å². The van der Waals surface area contributed by atoms with Crippen molar-refractivity contribution >= 4 is 16.5 Å². The molecule has 0 aromatic rings. The predicted molar refractivity (Wildman–Crippen MR) is 33.3 cm³/mol. The molecule has 11 heavy (non-hydrogen) atoms. The Morgan fingerprint density at radius 3 is 1.55 bits per heavy atom. The molecule has 10 heteroatoms. The summed E-state index contributed by atoms with van der Waals surface area (Å²) < 4.78 is 22.3. The minimum atomic E-state index is -3.20. The Labute approximate surface area is 76.8 Å². The fraction of sp³-hybridized carbons (Fsp3) is 0. The van der Waals surface area contributed by atoms with E-state index in [1.165, 1.54) is 6.19 Å². The normalized spacial score (nSPS) is 12.5. The Morgan fingerprint density at radius 2 is 1.55 bits per heavy atom. The molecular weight excluding hydrogens is 247 g/mol. The molecule has 0 aliphatic carbocycles. The number of nitrogens with two attached hydrogens (primary N) is 1. The van der Waals surface area contributed by atoms with Gasteiger partial charge in [-0.2, -0.15) is 5.26 Å². The van der Waals surface area contributed by atoms with E-state index in [4.69, 9.17) is 15.0 Å². The first-order valence-corrected chi connectivity index (χ1v) is 4.30. The zero-order valence-electron chi connectivity index (χ0n) is 5.35. The first-order chi connectivity index (χ1) is 4.54. The van der Waals surface area contributed by atoms with Gasteiger partial charge in [-0.3, -0.25) is 9.13 Å². The molecular formula is CH6N2O5P2Zn. The van der Waals surface area contributed by atoms with Crippen LogP contribution in [0.2, 0.25) is 0 Å². The Bertz CT molecular complexity index is 154. The van der Waals surface area contributed by atoms with E-state index in [1.807, 2.05) is 0 Å². The zero-order chi connectivity index (χ0) is 8.57. The molecule has 0 aliphatic rings. The van der Waals surface area contributed by atoms with Crippen LogP contribution < -0.4 is 5.73 Å². The van der Waals surface area contributed by atoms with Crippen molar-refractivity contribution in [2.24, 2.45) is 5.73 Å². The quantitative estimate of drug-likeness (QED) is 0.253. The third-order valence-electron chi connectivity index (χ3n) is 0.175. The van der Waals surface area contributed by atoms with Crippen molar-refractivity contribution in [1.82, 2.24) is 0 Å². The van der Waals surface area contributed by atoms with E-state index in [1.54, 1.807) is 0 Å². The summed E-state index contributed by atoms with van der Waals surface area (Å²) in [6.07, 6.45) is 1.25. The minimum absolute atomic E-state index is 0. The van der Waals surface area contributed by atoms with E-state index in [9.17, 15) is 9.13 Å². The van der Waals surface area contributed by atoms with Gasteiger partial charge in [-0.25, -0.2) is 4.31 Å². The molecule has 0 fully saturated rings. The molecule has 0 rings (SSSR count). The number of nitrogens with zero attached hydrogens (tertiary/aromatic N) is 1. The summed E-state index contributed by atoms with van der Waals surface area (Å²) in [5.41, 5.74) is 4.15. The van der Waals surface area contributed by atoms with Gasteiger partial charge in [0.15, 0.2) is 6.19 Å². The molecule has 2 unspecified atom stereocenters. The molecule has 0 aromatic heterocycles. The van der Waals surface area contributed by atoms with E-state index in [2.05, 4.69) is 10.0 Å². The van der Waals surface area contributed by atoms with Crippen molar-refractivity contribution in [2.75, 3.05) is 0 Å². The third kappa shape index (κ3) is 38.6. The summed E-state index contributed by atoms with van der Waals surface area (Å²) in [4.78, 5) is 15.4. The van der Waals surface area contributed by atoms with Crippen molar-refractivity contribution in [2.45, 2.75) is 0 Å². The molecule has 0 bridgehead atoms. The van der Waals surface area contributed by atoms with Gasteiger partial charge < -0.3 is 15.5 Å². The van der Waals surface area contributed by atoms with Crippen LogP contribution in [-0.4, -0.2) is 9.79 Å². The van der Waals surface area contributed by atoms with Crippen LogP contribution in [0.5, 0.6) is 0 Å². The summed E-state index contributed by atoms with van der Waals surface area (Å²) in [6, 6.07) is 0. The second-order valence-corrected chi connectivity index (χ2v) is 2.64. The molecule has 0 radical (unpaired) electrons. The first-order valence-electron chi connectivity index (χ1n) is 1.78. The van der Waals surface area contributed by atoms with Crippen LogP contribution in [0, 0.1) is 11.5 Å². The maximum Gasteiger partial charge on any atom is 0.323 e. The van der Waals surface area contributed by atoms with E-state index >= 15 is 0 Å². The van der Waals surface area contributed by atoms with Crippen molar-refractivity contribution in [3.8, 4) is 6.19 Å². The molecule has 0 heterocycles. The molecule has 0 amide bonds. The molecule has 0 aromatic carbocycles. The smallest absolute Gasteiger partial charge is 0.323 e. The molecule has 0 spiro atoms. The molecule has 4 N–H and O–H groups in total. The van der Waals surface area contributed by atoms with E-state index in [0.717, 1.165) is 0 Å². The van der Waals surface area contributed by atoms with Gasteiger partial charge in [0.2, 0.25) is 0 Å². The summed E-state index contributed by atoms with van der Waals surface area (Å²) in [5.74, 6) is 0. The average molecular weight is 253 g/mol. The molecule has 2 atom stereocenters. The molecule has 62 valence electrons.